The molecule has 0 saturated heterocycles. The number of aromatic nitrogens is 3. The lowest BCUT2D eigenvalue weighted by Crippen LogP contribution is -2.06. The van der Waals surface area contributed by atoms with E-state index in [0.717, 1.165) is 12.1 Å². The SMILES string of the molecule is CCc1n[nH]c(CS(=O)(=O)c2ccc(F)c(Cl)c2)n1. The fourth-order valence-electron chi connectivity index (χ4n) is 1.49. The van der Waals surface area contributed by atoms with Crippen LogP contribution < -0.4 is 0 Å². The van der Waals surface area contributed by atoms with E-state index < -0.39 is 15.7 Å². The highest BCUT2D eigenvalue weighted by molar-refractivity contribution is 7.90. The summed E-state index contributed by atoms with van der Waals surface area (Å²) in [5.41, 5.74) is 0. The van der Waals surface area contributed by atoms with Crippen molar-refractivity contribution in [2.24, 2.45) is 0 Å². The van der Waals surface area contributed by atoms with Gasteiger partial charge in [0.15, 0.2) is 9.84 Å². The maximum absolute atomic E-state index is 13.0. The average Bonchev–Trinajstić information content (AvgIpc) is 2.79. The first kappa shape index (κ1) is 14.0. The van der Waals surface area contributed by atoms with Gasteiger partial charge in [0, 0.05) is 6.42 Å². The molecule has 1 aromatic heterocycles. The molecule has 0 radical (unpaired) electrons. The molecule has 19 heavy (non-hydrogen) atoms. The van der Waals surface area contributed by atoms with Crippen LogP contribution in [0.25, 0.3) is 0 Å². The second-order valence-corrected chi connectivity index (χ2v) is 6.28. The third-order valence-electron chi connectivity index (χ3n) is 2.47. The largest absolute Gasteiger partial charge is 0.262 e. The van der Waals surface area contributed by atoms with Gasteiger partial charge in [-0.15, -0.1) is 0 Å². The van der Waals surface area contributed by atoms with E-state index in [-0.39, 0.29) is 21.5 Å². The van der Waals surface area contributed by atoms with Crippen molar-refractivity contribution < 1.29 is 12.8 Å². The summed E-state index contributed by atoms with van der Waals surface area (Å²) in [5, 5.41) is 6.19. The molecule has 0 aliphatic rings. The number of aromatic amines is 1. The van der Waals surface area contributed by atoms with Crippen molar-refractivity contribution >= 4 is 21.4 Å². The van der Waals surface area contributed by atoms with Gasteiger partial charge in [0.05, 0.1) is 9.92 Å². The number of hydrogen-bond donors (Lipinski definition) is 1. The van der Waals surface area contributed by atoms with Gasteiger partial charge in [-0.05, 0) is 18.2 Å². The Hall–Kier alpha value is -1.47. The van der Waals surface area contributed by atoms with Crippen molar-refractivity contribution in [3.63, 3.8) is 0 Å². The van der Waals surface area contributed by atoms with Gasteiger partial charge in [0.25, 0.3) is 0 Å². The molecule has 2 aromatic rings. The molecule has 8 heteroatoms. The second kappa shape index (κ2) is 5.26. The Morgan fingerprint density at radius 2 is 2.16 bits per heavy atom. The van der Waals surface area contributed by atoms with Crippen LogP contribution in [-0.4, -0.2) is 23.6 Å². The van der Waals surface area contributed by atoms with Gasteiger partial charge in [0.1, 0.15) is 23.2 Å². The Morgan fingerprint density at radius 1 is 1.42 bits per heavy atom. The van der Waals surface area contributed by atoms with Crippen LogP contribution in [0, 0.1) is 5.82 Å². The quantitative estimate of drug-likeness (QED) is 0.878. The van der Waals surface area contributed by atoms with E-state index in [9.17, 15) is 12.8 Å². The number of rotatable bonds is 4. The third kappa shape index (κ3) is 3.10. The van der Waals surface area contributed by atoms with E-state index in [1.165, 1.54) is 6.07 Å². The fraction of sp³-hybridized carbons (Fsp3) is 0.273. The summed E-state index contributed by atoms with van der Waals surface area (Å²) < 4.78 is 37.2. The van der Waals surface area contributed by atoms with Crippen LogP contribution in [0.5, 0.6) is 0 Å². The van der Waals surface area contributed by atoms with Crippen LogP contribution in [0.2, 0.25) is 5.02 Å². The highest BCUT2D eigenvalue weighted by Gasteiger charge is 2.19. The Kier molecular flexibility index (Phi) is 3.86. The van der Waals surface area contributed by atoms with Crippen molar-refractivity contribution in [1.82, 2.24) is 15.2 Å². The zero-order valence-corrected chi connectivity index (χ0v) is 11.6. The molecule has 0 aliphatic carbocycles. The number of aryl methyl sites for hydroxylation is 1. The molecule has 0 aliphatic heterocycles. The standard InChI is InChI=1S/C11H11ClFN3O2S/c1-2-10-14-11(16-15-10)6-19(17,18)7-3-4-9(13)8(12)5-7/h3-5H,2,6H2,1H3,(H,14,15,16). The number of nitrogens with zero attached hydrogens (tertiary/aromatic N) is 2. The minimum absolute atomic E-state index is 0.0478. The van der Waals surface area contributed by atoms with Crippen molar-refractivity contribution in [2.75, 3.05) is 0 Å². The lowest BCUT2D eigenvalue weighted by Gasteiger charge is -2.03. The molecule has 0 unspecified atom stereocenters. The zero-order valence-electron chi connectivity index (χ0n) is 10.0. The second-order valence-electron chi connectivity index (χ2n) is 3.89. The Balaban J connectivity index is 2.29. The minimum atomic E-state index is -3.63. The van der Waals surface area contributed by atoms with Crippen LogP contribution in [-0.2, 0) is 22.0 Å². The van der Waals surface area contributed by atoms with Gasteiger partial charge in [-0.3, -0.25) is 5.10 Å². The van der Waals surface area contributed by atoms with Crippen molar-refractivity contribution in [2.45, 2.75) is 24.0 Å². The Labute approximate surface area is 114 Å². The number of nitrogens with one attached hydrogen (secondary N) is 1. The first-order chi connectivity index (χ1) is 8.92. The van der Waals surface area contributed by atoms with Gasteiger partial charge < -0.3 is 0 Å². The van der Waals surface area contributed by atoms with Crippen molar-refractivity contribution in [3.8, 4) is 0 Å². The van der Waals surface area contributed by atoms with Crippen molar-refractivity contribution in [1.29, 1.82) is 0 Å². The summed E-state index contributed by atoms with van der Waals surface area (Å²) in [4.78, 5) is 3.98. The lowest BCUT2D eigenvalue weighted by atomic mass is 10.3. The highest BCUT2D eigenvalue weighted by atomic mass is 35.5. The molecule has 0 fully saturated rings. The predicted octanol–water partition coefficient (Wildman–Crippen LogP) is 2.13. The monoisotopic (exact) mass is 303 g/mol. The predicted molar refractivity (Wildman–Crippen MR) is 68.1 cm³/mol. The normalized spacial score (nSPS) is 11.7. The van der Waals surface area contributed by atoms with E-state index in [4.69, 9.17) is 11.6 Å². The molecule has 0 saturated carbocycles. The lowest BCUT2D eigenvalue weighted by molar-refractivity contribution is 0.592. The van der Waals surface area contributed by atoms with Gasteiger partial charge in [-0.25, -0.2) is 17.8 Å². The first-order valence-electron chi connectivity index (χ1n) is 5.50. The molecule has 2 rings (SSSR count). The molecule has 0 spiro atoms. The minimum Gasteiger partial charge on any atom is -0.262 e. The summed E-state index contributed by atoms with van der Waals surface area (Å²) in [7, 11) is -3.63. The third-order valence-corrected chi connectivity index (χ3v) is 4.39. The maximum Gasteiger partial charge on any atom is 0.185 e. The molecule has 0 atom stereocenters. The summed E-state index contributed by atoms with van der Waals surface area (Å²) in [6, 6.07) is 3.28. The summed E-state index contributed by atoms with van der Waals surface area (Å²) in [6.07, 6.45) is 0.610. The van der Waals surface area contributed by atoms with Crippen LogP contribution >= 0.6 is 11.6 Å². The molecule has 102 valence electrons. The van der Waals surface area contributed by atoms with E-state index in [2.05, 4.69) is 15.2 Å². The van der Waals surface area contributed by atoms with Gasteiger partial charge in [0.2, 0.25) is 0 Å². The van der Waals surface area contributed by atoms with Crippen LogP contribution in [0.1, 0.15) is 18.6 Å². The fourth-order valence-corrected chi connectivity index (χ4v) is 2.96. The topological polar surface area (TPSA) is 75.7 Å². The molecular weight excluding hydrogens is 293 g/mol. The first-order valence-corrected chi connectivity index (χ1v) is 7.53. The summed E-state index contributed by atoms with van der Waals surface area (Å²) in [6.45, 7) is 1.86. The molecule has 1 aromatic carbocycles. The molecule has 1 N–H and O–H groups in total. The van der Waals surface area contributed by atoms with E-state index >= 15 is 0 Å². The van der Waals surface area contributed by atoms with Gasteiger partial charge in [-0.2, -0.15) is 5.10 Å². The Morgan fingerprint density at radius 3 is 2.74 bits per heavy atom. The van der Waals surface area contributed by atoms with Crippen LogP contribution in [0.15, 0.2) is 23.1 Å². The zero-order chi connectivity index (χ0) is 14.0. The van der Waals surface area contributed by atoms with Gasteiger partial charge >= 0.3 is 0 Å². The molecular formula is C11H11ClFN3O2S. The number of H-pyrrole nitrogens is 1. The summed E-state index contributed by atoms with van der Waals surface area (Å²) >= 11 is 5.57. The average molecular weight is 304 g/mol. The van der Waals surface area contributed by atoms with E-state index in [1.807, 2.05) is 6.92 Å². The smallest absolute Gasteiger partial charge is 0.185 e. The Bertz CT molecular complexity index is 700. The summed E-state index contributed by atoms with van der Waals surface area (Å²) in [5.74, 6) is -0.199. The maximum atomic E-state index is 13.0. The van der Waals surface area contributed by atoms with Crippen LogP contribution in [0.4, 0.5) is 4.39 Å². The molecule has 1 heterocycles. The molecule has 5 nitrogen and oxygen atoms in total. The van der Waals surface area contributed by atoms with Gasteiger partial charge in [-0.1, -0.05) is 18.5 Å². The number of benzene rings is 1. The van der Waals surface area contributed by atoms with Crippen LogP contribution in [0.3, 0.4) is 0 Å². The van der Waals surface area contributed by atoms with Crippen molar-refractivity contribution in [3.05, 3.63) is 40.7 Å². The molecule has 0 amide bonds. The van der Waals surface area contributed by atoms with E-state index in [0.29, 0.717) is 12.2 Å². The van der Waals surface area contributed by atoms with E-state index in [1.54, 1.807) is 0 Å². The number of hydrogen-bond acceptors (Lipinski definition) is 4. The number of halogens is 2. The number of sulfone groups is 1. The molecule has 0 bridgehead atoms. The highest BCUT2D eigenvalue weighted by Crippen LogP contribution is 2.21.